The third-order valence-corrected chi connectivity index (χ3v) is 6.01. The number of carbonyl (C=O) groups is 1. The molecule has 0 spiro atoms. The number of ether oxygens (including phenoxy) is 1. The minimum absolute atomic E-state index is 0.0910. The fourth-order valence-corrected chi connectivity index (χ4v) is 4.24. The molecule has 3 aromatic rings. The second-order valence-corrected chi connectivity index (χ2v) is 7.87. The number of amides is 1. The van der Waals surface area contributed by atoms with Gasteiger partial charge < -0.3 is 19.7 Å². The second kappa shape index (κ2) is 7.39. The monoisotopic (exact) mass is 395 g/mol. The Hall–Kier alpha value is -3.09. The molecule has 0 bridgehead atoms. The van der Waals surface area contributed by atoms with E-state index in [9.17, 15) is 9.59 Å². The Bertz CT molecular complexity index is 1150. The van der Waals surface area contributed by atoms with Gasteiger partial charge in [-0.25, -0.2) is 4.79 Å². The zero-order valence-electron chi connectivity index (χ0n) is 16.8. The quantitative estimate of drug-likeness (QED) is 0.644. The van der Waals surface area contributed by atoms with Crippen molar-refractivity contribution in [3.63, 3.8) is 0 Å². The summed E-state index contributed by atoms with van der Waals surface area (Å²) < 4.78 is 7.89. The maximum atomic E-state index is 12.9. The van der Waals surface area contributed by atoms with Gasteiger partial charge in [0.15, 0.2) is 0 Å². The lowest BCUT2D eigenvalue weighted by atomic mass is 9.79. The fourth-order valence-electron chi connectivity index (χ4n) is 4.24. The van der Waals surface area contributed by atoms with Crippen LogP contribution in [0, 0.1) is 12.8 Å². The average Bonchev–Trinajstić information content (AvgIpc) is 2.63. The second-order valence-electron chi connectivity index (χ2n) is 7.87. The Balaban J connectivity index is 1.77. The van der Waals surface area contributed by atoms with Gasteiger partial charge in [-0.15, -0.1) is 0 Å². The molecule has 2 heterocycles. The first-order chi connectivity index (χ1) is 13.9. The van der Waals surface area contributed by atoms with Crippen molar-refractivity contribution in [3.8, 4) is 5.75 Å². The van der Waals surface area contributed by atoms with Crippen molar-refractivity contribution in [2.45, 2.75) is 45.3 Å². The highest BCUT2D eigenvalue weighted by molar-refractivity contribution is 6.06. The van der Waals surface area contributed by atoms with E-state index in [4.69, 9.17) is 9.84 Å². The Morgan fingerprint density at radius 1 is 1.31 bits per heavy atom. The van der Waals surface area contributed by atoms with Crippen LogP contribution in [0.1, 0.15) is 31.9 Å². The lowest BCUT2D eigenvalue weighted by Gasteiger charge is -2.37. The van der Waals surface area contributed by atoms with Gasteiger partial charge in [0, 0.05) is 24.7 Å². The van der Waals surface area contributed by atoms with Crippen LogP contribution in [-0.2, 0) is 7.05 Å². The van der Waals surface area contributed by atoms with Gasteiger partial charge >= 0.3 is 6.09 Å². The van der Waals surface area contributed by atoms with Crippen molar-refractivity contribution >= 4 is 27.8 Å². The van der Waals surface area contributed by atoms with Crippen LogP contribution >= 0.6 is 0 Å². The third kappa shape index (κ3) is 3.41. The molecule has 152 valence electrons. The van der Waals surface area contributed by atoms with E-state index in [-0.39, 0.29) is 17.7 Å². The van der Waals surface area contributed by atoms with Crippen LogP contribution in [-0.4, -0.2) is 32.9 Å². The van der Waals surface area contributed by atoms with Crippen LogP contribution < -0.4 is 15.6 Å². The molecule has 2 N–H and O–H groups in total. The summed E-state index contributed by atoms with van der Waals surface area (Å²) in [5.41, 5.74) is 1.40. The summed E-state index contributed by atoms with van der Waals surface area (Å²) in [4.78, 5) is 28.2. The number of nitrogens with zero attached hydrogens (tertiary/aromatic N) is 2. The molecule has 0 aliphatic heterocycles. The summed E-state index contributed by atoms with van der Waals surface area (Å²) in [6.07, 6.45) is 3.60. The molecule has 1 aromatic carbocycles. The minimum Gasteiger partial charge on any atom is -0.488 e. The van der Waals surface area contributed by atoms with Gasteiger partial charge in [0.1, 0.15) is 11.9 Å². The maximum absolute atomic E-state index is 12.9. The number of benzene rings is 1. The van der Waals surface area contributed by atoms with Crippen molar-refractivity contribution in [2.24, 2.45) is 13.0 Å². The number of rotatable bonds is 5. The Kier molecular flexibility index (Phi) is 4.90. The third-order valence-electron chi connectivity index (χ3n) is 6.01. The number of nitrogens with one attached hydrogen (secondary N) is 1. The first-order valence-corrected chi connectivity index (χ1v) is 9.91. The Morgan fingerprint density at radius 2 is 2.07 bits per heavy atom. The standard InChI is InChI=1S/C22H25N3O4/c1-12-19-17(9-10-23-12)16-8-7-15(11-18(16)25(3)21(19)26)29-20(14-5-4-6-14)13(2)24-22(27)28/h7-11,13-14,20,24H,4-6H2,1-3H3,(H,27,28). The van der Waals surface area contributed by atoms with E-state index in [1.807, 2.05) is 38.1 Å². The summed E-state index contributed by atoms with van der Waals surface area (Å²) in [5, 5.41) is 14.1. The summed E-state index contributed by atoms with van der Waals surface area (Å²) in [5.74, 6) is 0.954. The number of fused-ring (bicyclic) bond motifs is 3. The van der Waals surface area contributed by atoms with Crippen molar-refractivity contribution in [3.05, 3.63) is 46.5 Å². The highest BCUT2D eigenvalue weighted by Gasteiger charge is 2.34. The van der Waals surface area contributed by atoms with E-state index < -0.39 is 6.09 Å². The van der Waals surface area contributed by atoms with Crippen molar-refractivity contribution in [1.29, 1.82) is 0 Å². The zero-order chi connectivity index (χ0) is 20.7. The van der Waals surface area contributed by atoms with Gasteiger partial charge in [0.25, 0.3) is 5.56 Å². The molecular formula is C22H25N3O4. The van der Waals surface area contributed by atoms with E-state index in [2.05, 4.69) is 10.3 Å². The van der Waals surface area contributed by atoms with Gasteiger partial charge in [0.05, 0.1) is 22.6 Å². The highest BCUT2D eigenvalue weighted by Crippen LogP contribution is 2.34. The normalized spacial score (nSPS) is 16.4. The molecule has 1 amide bonds. The number of aromatic nitrogens is 2. The lowest BCUT2D eigenvalue weighted by molar-refractivity contribution is 0.0564. The van der Waals surface area contributed by atoms with Crippen LogP contribution in [0.3, 0.4) is 0 Å². The molecule has 4 rings (SSSR count). The maximum Gasteiger partial charge on any atom is 0.404 e. The van der Waals surface area contributed by atoms with E-state index in [0.717, 1.165) is 35.6 Å². The van der Waals surface area contributed by atoms with Gasteiger partial charge in [-0.2, -0.15) is 0 Å². The number of pyridine rings is 2. The number of aryl methyl sites for hydroxylation is 2. The molecule has 0 radical (unpaired) electrons. The number of carboxylic acid groups (broad SMARTS) is 1. The lowest BCUT2D eigenvalue weighted by Crippen LogP contribution is -2.49. The van der Waals surface area contributed by atoms with Gasteiger partial charge in [-0.1, -0.05) is 6.42 Å². The Labute approximate surface area is 168 Å². The molecule has 1 saturated carbocycles. The molecule has 0 saturated heterocycles. The fraction of sp³-hybridized carbons (Fsp3) is 0.409. The van der Waals surface area contributed by atoms with E-state index in [1.165, 1.54) is 0 Å². The van der Waals surface area contributed by atoms with Crippen LogP contribution in [0.4, 0.5) is 4.79 Å². The predicted octanol–water partition coefficient (Wildman–Crippen LogP) is 3.60. The van der Waals surface area contributed by atoms with Crippen LogP contribution in [0.15, 0.2) is 35.3 Å². The van der Waals surface area contributed by atoms with Gasteiger partial charge in [-0.05, 0) is 56.2 Å². The van der Waals surface area contributed by atoms with Gasteiger partial charge in [-0.3, -0.25) is 9.78 Å². The molecular weight excluding hydrogens is 370 g/mol. The molecule has 1 fully saturated rings. The molecule has 2 atom stereocenters. The minimum atomic E-state index is -1.05. The van der Waals surface area contributed by atoms with E-state index in [1.54, 1.807) is 17.8 Å². The van der Waals surface area contributed by atoms with E-state index in [0.29, 0.717) is 22.7 Å². The largest absolute Gasteiger partial charge is 0.488 e. The predicted molar refractivity (Wildman–Crippen MR) is 112 cm³/mol. The first-order valence-electron chi connectivity index (χ1n) is 9.91. The smallest absolute Gasteiger partial charge is 0.404 e. The van der Waals surface area contributed by atoms with Gasteiger partial charge in [0.2, 0.25) is 0 Å². The molecule has 7 nitrogen and oxygen atoms in total. The molecule has 2 unspecified atom stereocenters. The SMILES string of the molecule is Cc1nccc2c1c(=O)n(C)c1cc(OC(C3CCC3)C(C)NC(=O)O)ccc21. The van der Waals surface area contributed by atoms with Crippen LogP contribution in [0.2, 0.25) is 0 Å². The average molecular weight is 395 g/mol. The molecule has 2 aromatic heterocycles. The summed E-state index contributed by atoms with van der Waals surface area (Å²) >= 11 is 0. The molecule has 7 heteroatoms. The first kappa shape index (κ1) is 19.2. The summed E-state index contributed by atoms with van der Waals surface area (Å²) in [7, 11) is 1.75. The molecule has 1 aliphatic rings. The molecule has 29 heavy (non-hydrogen) atoms. The van der Waals surface area contributed by atoms with Crippen LogP contribution in [0.25, 0.3) is 21.7 Å². The number of hydrogen-bond donors (Lipinski definition) is 2. The topological polar surface area (TPSA) is 93.5 Å². The van der Waals surface area contributed by atoms with Crippen LogP contribution in [0.5, 0.6) is 5.75 Å². The van der Waals surface area contributed by atoms with Crippen molar-refractivity contribution < 1.29 is 14.6 Å². The summed E-state index contributed by atoms with van der Waals surface area (Å²) in [6, 6.07) is 7.25. The highest BCUT2D eigenvalue weighted by atomic mass is 16.5. The van der Waals surface area contributed by atoms with Crippen molar-refractivity contribution in [2.75, 3.05) is 0 Å². The number of hydrogen-bond acceptors (Lipinski definition) is 4. The zero-order valence-corrected chi connectivity index (χ0v) is 16.8. The van der Waals surface area contributed by atoms with E-state index >= 15 is 0 Å². The Morgan fingerprint density at radius 3 is 2.72 bits per heavy atom. The van der Waals surface area contributed by atoms with Crippen molar-refractivity contribution in [1.82, 2.24) is 14.9 Å². The summed E-state index contributed by atoms with van der Waals surface area (Å²) in [6.45, 7) is 3.67. The molecule has 1 aliphatic carbocycles.